The van der Waals surface area contributed by atoms with E-state index in [0.717, 1.165) is 6.07 Å². The standard InChI is InChI=1S/C11H9FO2S/c1-2-3-6-15-10-7-8(11(13)14)4-5-9(10)12/h1,4-5,7H,3,6H2,(H,13,14). The Labute approximate surface area is 91.5 Å². The molecule has 4 heteroatoms. The summed E-state index contributed by atoms with van der Waals surface area (Å²) in [7, 11) is 0. The quantitative estimate of drug-likeness (QED) is 0.485. The van der Waals surface area contributed by atoms with E-state index < -0.39 is 11.8 Å². The Morgan fingerprint density at radius 3 is 2.93 bits per heavy atom. The lowest BCUT2D eigenvalue weighted by Gasteiger charge is -2.02. The van der Waals surface area contributed by atoms with Gasteiger partial charge in [0.25, 0.3) is 0 Å². The van der Waals surface area contributed by atoms with E-state index in [1.165, 1.54) is 23.9 Å². The third kappa shape index (κ3) is 3.30. The second kappa shape index (κ2) is 5.42. The van der Waals surface area contributed by atoms with Crippen molar-refractivity contribution < 1.29 is 14.3 Å². The lowest BCUT2D eigenvalue weighted by atomic mass is 10.2. The van der Waals surface area contributed by atoms with Crippen LogP contribution in [0.1, 0.15) is 16.8 Å². The van der Waals surface area contributed by atoms with Crippen molar-refractivity contribution in [2.45, 2.75) is 11.3 Å². The first kappa shape index (κ1) is 11.6. The maximum atomic E-state index is 13.2. The Kier molecular flexibility index (Phi) is 4.19. The first-order valence-corrected chi connectivity index (χ1v) is 5.23. The molecule has 1 N–H and O–H groups in total. The maximum Gasteiger partial charge on any atom is 0.335 e. The second-order valence-electron chi connectivity index (χ2n) is 2.75. The summed E-state index contributed by atoms with van der Waals surface area (Å²) in [6.07, 6.45) is 5.59. The molecule has 0 aliphatic heterocycles. The van der Waals surface area contributed by atoms with E-state index in [1.54, 1.807) is 0 Å². The molecule has 0 spiro atoms. The van der Waals surface area contributed by atoms with Gasteiger partial charge in [-0.15, -0.1) is 24.1 Å². The molecule has 0 heterocycles. The number of halogens is 1. The number of carbonyl (C=O) groups is 1. The molecule has 78 valence electrons. The lowest BCUT2D eigenvalue weighted by molar-refractivity contribution is 0.0696. The van der Waals surface area contributed by atoms with Crippen LogP contribution in [0.3, 0.4) is 0 Å². The Bertz CT molecular complexity index is 410. The first-order valence-electron chi connectivity index (χ1n) is 4.24. The molecule has 0 fully saturated rings. The summed E-state index contributed by atoms with van der Waals surface area (Å²) in [6.45, 7) is 0. The van der Waals surface area contributed by atoms with Crippen molar-refractivity contribution in [3.8, 4) is 12.3 Å². The van der Waals surface area contributed by atoms with Crippen molar-refractivity contribution in [3.63, 3.8) is 0 Å². The number of terminal acetylenes is 1. The SMILES string of the molecule is C#CCCSc1cc(C(=O)O)ccc1F. The van der Waals surface area contributed by atoms with Crippen LogP contribution >= 0.6 is 11.8 Å². The Hall–Kier alpha value is -1.47. The largest absolute Gasteiger partial charge is 0.478 e. The summed E-state index contributed by atoms with van der Waals surface area (Å²) in [5, 5.41) is 8.71. The molecule has 1 aromatic rings. The molecule has 0 atom stereocenters. The van der Waals surface area contributed by atoms with Gasteiger partial charge >= 0.3 is 5.97 Å². The lowest BCUT2D eigenvalue weighted by Crippen LogP contribution is -1.97. The second-order valence-corrected chi connectivity index (χ2v) is 3.89. The molecule has 0 aliphatic carbocycles. The van der Waals surface area contributed by atoms with Gasteiger partial charge in [-0.05, 0) is 18.2 Å². The van der Waals surface area contributed by atoms with Gasteiger partial charge < -0.3 is 5.11 Å². The van der Waals surface area contributed by atoms with E-state index in [4.69, 9.17) is 11.5 Å². The summed E-state index contributed by atoms with van der Waals surface area (Å²) in [5.74, 6) is 1.54. The van der Waals surface area contributed by atoms with Crippen LogP contribution in [-0.2, 0) is 0 Å². The van der Waals surface area contributed by atoms with Crippen molar-refractivity contribution in [2.75, 3.05) is 5.75 Å². The van der Waals surface area contributed by atoms with Gasteiger partial charge in [-0.25, -0.2) is 9.18 Å². The summed E-state index contributed by atoms with van der Waals surface area (Å²) < 4.78 is 13.2. The number of carboxylic acids is 1. The fourth-order valence-corrected chi connectivity index (χ4v) is 1.82. The molecule has 0 unspecified atom stereocenters. The molecule has 0 saturated carbocycles. The smallest absolute Gasteiger partial charge is 0.335 e. The summed E-state index contributed by atoms with van der Waals surface area (Å²) in [5.41, 5.74) is 0.0830. The summed E-state index contributed by atoms with van der Waals surface area (Å²) >= 11 is 1.22. The molecular weight excluding hydrogens is 215 g/mol. The molecule has 0 saturated heterocycles. The molecule has 15 heavy (non-hydrogen) atoms. The summed E-state index contributed by atoms with van der Waals surface area (Å²) in [4.78, 5) is 11.0. The molecular formula is C11H9FO2S. The molecule has 2 nitrogen and oxygen atoms in total. The van der Waals surface area contributed by atoms with Crippen LogP contribution in [0.5, 0.6) is 0 Å². The highest BCUT2D eigenvalue weighted by molar-refractivity contribution is 7.99. The highest BCUT2D eigenvalue weighted by atomic mass is 32.2. The Morgan fingerprint density at radius 2 is 2.33 bits per heavy atom. The van der Waals surface area contributed by atoms with Gasteiger partial charge in [-0.2, -0.15) is 0 Å². The molecule has 0 amide bonds. The van der Waals surface area contributed by atoms with Gasteiger partial charge in [0.2, 0.25) is 0 Å². The van der Waals surface area contributed by atoms with Crippen LogP contribution in [0.25, 0.3) is 0 Å². The van der Waals surface area contributed by atoms with Crippen LogP contribution in [0.15, 0.2) is 23.1 Å². The average Bonchev–Trinajstić information content (AvgIpc) is 2.20. The fraction of sp³-hybridized carbons (Fsp3) is 0.182. The normalized spacial score (nSPS) is 9.60. The van der Waals surface area contributed by atoms with E-state index in [1.807, 2.05) is 0 Å². The molecule has 0 bridgehead atoms. The zero-order valence-corrected chi connectivity index (χ0v) is 8.68. The van der Waals surface area contributed by atoms with E-state index in [-0.39, 0.29) is 5.56 Å². The highest BCUT2D eigenvalue weighted by Gasteiger charge is 2.08. The van der Waals surface area contributed by atoms with Crippen LogP contribution in [-0.4, -0.2) is 16.8 Å². The average molecular weight is 224 g/mol. The molecule has 0 aliphatic rings. The van der Waals surface area contributed by atoms with E-state index >= 15 is 0 Å². The number of hydrogen-bond donors (Lipinski definition) is 1. The minimum atomic E-state index is -1.06. The monoisotopic (exact) mass is 224 g/mol. The minimum absolute atomic E-state index is 0.0830. The molecule has 1 rings (SSSR count). The third-order valence-electron chi connectivity index (χ3n) is 1.68. The van der Waals surface area contributed by atoms with Gasteiger partial charge in [0, 0.05) is 17.1 Å². The number of rotatable bonds is 4. The number of thioether (sulfide) groups is 1. The van der Waals surface area contributed by atoms with Crippen molar-refractivity contribution in [1.29, 1.82) is 0 Å². The Balaban J connectivity index is 2.82. The minimum Gasteiger partial charge on any atom is -0.478 e. The van der Waals surface area contributed by atoms with Crippen molar-refractivity contribution >= 4 is 17.7 Å². The molecule has 0 radical (unpaired) electrons. The van der Waals surface area contributed by atoms with E-state index in [2.05, 4.69) is 5.92 Å². The van der Waals surface area contributed by atoms with Gasteiger partial charge in [0.15, 0.2) is 0 Å². The number of hydrogen-bond acceptors (Lipinski definition) is 2. The number of carboxylic acid groups (broad SMARTS) is 1. The highest BCUT2D eigenvalue weighted by Crippen LogP contribution is 2.23. The van der Waals surface area contributed by atoms with Crippen LogP contribution in [0.4, 0.5) is 4.39 Å². The van der Waals surface area contributed by atoms with Crippen molar-refractivity contribution in [3.05, 3.63) is 29.6 Å². The van der Waals surface area contributed by atoms with Gasteiger partial charge in [0.1, 0.15) is 5.82 Å². The van der Waals surface area contributed by atoms with Crippen molar-refractivity contribution in [1.82, 2.24) is 0 Å². The third-order valence-corrected chi connectivity index (χ3v) is 2.71. The molecule has 1 aromatic carbocycles. The van der Waals surface area contributed by atoms with Gasteiger partial charge in [0.05, 0.1) is 5.56 Å². The predicted molar refractivity (Wildman–Crippen MR) is 57.5 cm³/mol. The van der Waals surface area contributed by atoms with Crippen molar-refractivity contribution in [2.24, 2.45) is 0 Å². The zero-order chi connectivity index (χ0) is 11.3. The van der Waals surface area contributed by atoms with Gasteiger partial charge in [-0.1, -0.05) is 0 Å². The van der Waals surface area contributed by atoms with E-state index in [9.17, 15) is 9.18 Å². The Morgan fingerprint density at radius 1 is 1.60 bits per heavy atom. The number of benzene rings is 1. The van der Waals surface area contributed by atoms with E-state index in [0.29, 0.717) is 17.1 Å². The van der Waals surface area contributed by atoms with Gasteiger partial charge in [-0.3, -0.25) is 0 Å². The van der Waals surface area contributed by atoms with Crippen LogP contribution in [0, 0.1) is 18.2 Å². The fourth-order valence-electron chi connectivity index (χ4n) is 0.967. The topological polar surface area (TPSA) is 37.3 Å². The zero-order valence-electron chi connectivity index (χ0n) is 7.87. The maximum absolute atomic E-state index is 13.2. The first-order chi connectivity index (χ1) is 7.15. The van der Waals surface area contributed by atoms with Crippen LogP contribution in [0.2, 0.25) is 0 Å². The molecule has 0 aromatic heterocycles. The predicted octanol–water partition coefficient (Wildman–Crippen LogP) is 2.64. The van der Waals surface area contributed by atoms with Crippen LogP contribution < -0.4 is 0 Å². The summed E-state index contributed by atoms with van der Waals surface area (Å²) in [6, 6.07) is 3.71. The number of aromatic carboxylic acids is 1.